The van der Waals surface area contributed by atoms with Crippen LogP contribution in [0.1, 0.15) is 11.5 Å². The van der Waals surface area contributed by atoms with Crippen molar-refractivity contribution in [1.82, 2.24) is 5.16 Å². The van der Waals surface area contributed by atoms with Crippen molar-refractivity contribution in [2.24, 2.45) is 0 Å². The van der Waals surface area contributed by atoms with Crippen LogP contribution in [0.2, 0.25) is 0 Å². The van der Waals surface area contributed by atoms with E-state index in [1.807, 2.05) is 0 Å². The Kier molecular flexibility index (Phi) is 4.24. The molecule has 1 aromatic carbocycles. The lowest BCUT2D eigenvalue weighted by atomic mass is 10.2. The fourth-order valence-corrected chi connectivity index (χ4v) is 2.32. The molecule has 0 N–H and O–H groups in total. The van der Waals surface area contributed by atoms with Crippen molar-refractivity contribution in [2.45, 2.75) is 13.5 Å². The fourth-order valence-electron chi connectivity index (χ4n) is 2.32. The third-order valence-corrected chi connectivity index (χ3v) is 3.29. The van der Waals surface area contributed by atoms with Crippen LogP contribution in [0.3, 0.4) is 0 Å². The summed E-state index contributed by atoms with van der Waals surface area (Å²) in [7, 11) is 0. The molecule has 8 heteroatoms. The first-order chi connectivity index (χ1) is 11.0. The lowest BCUT2D eigenvalue weighted by Crippen LogP contribution is -2.40. The van der Waals surface area contributed by atoms with Gasteiger partial charge in [0.05, 0.1) is 18.8 Å². The van der Waals surface area contributed by atoms with Crippen LogP contribution in [0.5, 0.6) is 5.75 Å². The minimum Gasteiger partial charge on any atom is -0.486 e. The summed E-state index contributed by atoms with van der Waals surface area (Å²) in [5.41, 5.74) is 0.634. The molecule has 0 aliphatic carbocycles. The van der Waals surface area contributed by atoms with Gasteiger partial charge in [0.25, 0.3) is 5.91 Å². The highest BCUT2D eigenvalue weighted by molar-refractivity contribution is 5.96. The molecule has 1 aliphatic heterocycles. The number of aromatic nitrogens is 1. The van der Waals surface area contributed by atoms with E-state index < -0.39 is 17.5 Å². The topological polar surface area (TPSA) is 64.8 Å². The summed E-state index contributed by atoms with van der Waals surface area (Å²) in [4.78, 5) is 13.5. The minimum atomic E-state index is -0.837. The van der Waals surface area contributed by atoms with Crippen molar-refractivity contribution in [3.8, 4) is 5.75 Å². The predicted molar refractivity (Wildman–Crippen MR) is 75.1 cm³/mol. The quantitative estimate of drug-likeness (QED) is 0.863. The molecule has 1 aliphatic rings. The maximum Gasteiger partial charge on any atom is 0.253 e. The number of carbonyl (C=O) groups excluding carboxylic acids is 1. The lowest BCUT2D eigenvalue weighted by Gasteiger charge is -2.29. The normalized spacial score (nSPS) is 13.6. The van der Waals surface area contributed by atoms with Crippen molar-refractivity contribution in [3.63, 3.8) is 0 Å². The number of fused-ring (bicyclic) bond motifs is 1. The van der Waals surface area contributed by atoms with E-state index in [1.54, 1.807) is 13.0 Å². The minimum absolute atomic E-state index is 0.0691. The van der Waals surface area contributed by atoms with Gasteiger partial charge < -0.3 is 18.9 Å². The zero-order valence-electron chi connectivity index (χ0n) is 12.3. The van der Waals surface area contributed by atoms with Gasteiger partial charge in [-0.25, -0.2) is 8.78 Å². The Bertz CT molecular complexity index is 732. The van der Waals surface area contributed by atoms with Gasteiger partial charge in [-0.15, -0.1) is 0 Å². The van der Waals surface area contributed by atoms with E-state index in [9.17, 15) is 13.6 Å². The lowest BCUT2D eigenvalue weighted by molar-refractivity contribution is -0.123. The number of amides is 1. The van der Waals surface area contributed by atoms with E-state index in [-0.39, 0.29) is 37.8 Å². The molecule has 3 rings (SSSR count). The van der Waals surface area contributed by atoms with E-state index in [4.69, 9.17) is 14.0 Å². The van der Waals surface area contributed by atoms with Crippen molar-refractivity contribution >= 4 is 11.6 Å². The van der Waals surface area contributed by atoms with E-state index in [0.29, 0.717) is 11.5 Å². The van der Waals surface area contributed by atoms with Crippen LogP contribution >= 0.6 is 0 Å². The van der Waals surface area contributed by atoms with Crippen LogP contribution in [0.4, 0.5) is 14.5 Å². The standard InChI is InChI=1S/C15H14F2N2O4/c1-9-4-11(18-23-9)7-21-8-14(20)19-2-3-22-15-12(17)5-10(16)6-13(15)19/h4-6H,2-3,7-8H2,1H3. The molecule has 0 spiro atoms. The summed E-state index contributed by atoms with van der Waals surface area (Å²) in [6, 6.07) is 3.48. The molecule has 1 amide bonds. The number of benzene rings is 1. The van der Waals surface area contributed by atoms with Crippen molar-refractivity contribution in [2.75, 3.05) is 24.7 Å². The first kappa shape index (κ1) is 15.4. The largest absolute Gasteiger partial charge is 0.486 e. The smallest absolute Gasteiger partial charge is 0.253 e. The van der Waals surface area contributed by atoms with Crippen molar-refractivity contribution < 1.29 is 27.6 Å². The Balaban J connectivity index is 1.67. The monoisotopic (exact) mass is 324 g/mol. The summed E-state index contributed by atoms with van der Waals surface area (Å²) in [5, 5.41) is 3.74. The number of halogens is 2. The van der Waals surface area contributed by atoms with Gasteiger partial charge in [0.2, 0.25) is 0 Å². The van der Waals surface area contributed by atoms with Gasteiger partial charge in [-0.1, -0.05) is 5.16 Å². The Morgan fingerprint density at radius 2 is 2.22 bits per heavy atom. The third-order valence-electron chi connectivity index (χ3n) is 3.29. The van der Waals surface area contributed by atoms with E-state index in [1.165, 1.54) is 4.90 Å². The second-order valence-corrected chi connectivity index (χ2v) is 5.05. The Morgan fingerprint density at radius 3 is 2.96 bits per heavy atom. The molecule has 6 nitrogen and oxygen atoms in total. The van der Waals surface area contributed by atoms with E-state index in [0.717, 1.165) is 12.1 Å². The molecule has 122 valence electrons. The molecule has 2 aromatic rings. The van der Waals surface area contributed by atoms with E-state index >= 15 is 0 Å². The van der Waals surface area contributed by atoms with Gasteiger partial charge in [0, 0.05) is 18.2 Å². The molecular weight excluding hydrogens is 310 g/mol. The van der Waals surface area contributed by atoms with Gasteiger partial charge in [-0.05, 0) is 6.92 Å². The van der Waals surface area contributed by atoms with Crippen LogP contribution in [0.25, 0.3) is 0 Å². The van der Waals surface area contributed by atoms with Gasteiger partial charge in [0.1, 0.15) is 30.5 Å². The number of carbonyl (C=O) groups is 1. The molecule has 2 heterocycles. The second-order valence-electron chi connectivity index (χ2n) is 5.05. The Labute approximate surface area is 130 Å². The van der Waals surface area contributed by atoms with Gasteiger partial charge in [0.15, 0.2) is 11.6 Å². The van der Waals surface area contributed by atoms with Crippen molar-refractivity contribution in [3.05, 3.63) is 41.3 Å². The first-order valence-corrected chi connectivity index (χ1v) is 6.97. The Morgan fingerprint density at radius 1 is 1.39 bits per heavy atom. The number of hydrogen-bond acceptors (Lipinski definition) is 5. The van der Waals surface area contributed by atoms with Gasteiger partial charge in [-0.3, -0.25) is 4.79 Å². The summed E-state index contributed by atoms with van der Waals surface area (Å²) in [6.45, 7) is 1.93. The summed E-state index contributed by atoms with van der Waals surface area (Å²) < 4.78 is 42.4. The fraction of sp³-hybridized carbons (Fsp3) is 0.333. The van der Waals surface area contributed by atoms with Gasteiger partial charge in [-0.2, -0.15) is 0 Å². The molecule has 0 unspecified atom stereocenters. The van der Waals surface area contributed by atoms with Gasteiger partial charge >= 0.3 is 0 Å². The zero-order chi connectivity index (χ0) is 16.4. The molecule has 0 saturated heterocycles. The molecule has 0 atom stereocenters. The number of anilines is 1. The molecule has 0 saturated carbocycles. The number of nitrogens with zero attached hydrogens (tertiary/aromatic N) is 2. The summed E-state index contributed by atoms with van der Waals surface area (Å²) in [6.07, 6.45) is 0. The average Bonchev–Trinajstić information content (AvgIpc) is 2.92. The number of rotatable bonds is 4. The van der Waals surface area contributed by atoms with Crippen LogP contribution in [0.15, 0.2) is 22.7 Å². The molecule has 0 radical (unpaired) electrons. The predicted octanol–water partition coefficient (Wildman–Crippen LogP) is 2.20. The van der Waals surface area contributed by atoms with Crippen LogP contribution in [-0.4, -0.2) is 30.8 Å². The molecule has 23 heavy (non-hydrogen) atoms. The van der Waals surface area contributed by atoms with E-state index in [2.05, 4.69) is 5.16 Å². The first-order valence-electron chi connectivity index (χ1n) is 6.97. The molecule has 0 bridgehead atoms. The average molecular weight is 324 g/mol. The summed E-state index contributed by atoms with van der Waals surface area (Å²) in [5.74, 6) is -1.51. The maximum absolute atomic E-state index is 13.7. The van der Waals surface area contributed by atoms with Crippen molar-refractivity contribution in [1.29, 1.82) is 0 Å². The third kappa shape index (κ3) is 3.31. The highest BCUT2D eigenvalue weighted by atomic mass is 19.1. The number of ether oxygens (including phenoxy) is 2. The highest BCUT2D eigenvalue weighted by Gasteiger charge is 2.27. The number of aryl methyl sites for hydroxylation is 1. The highest BCUT2D eigenvalue weighted by Crippen LogP contribution is 2.35. The molecule has 0 fully saturated rings. The number of hydrogen-bond donors (Lipinski definition) is 0. The molecular formula is C15H14F2N2O4. The molecule has 1 aromatic heterocycles. The SMILES string of the molecule is Cc1cc(COCC(=O)N2CCOc3c(F)cc(F)cc32)no1. The van der Waals surface area contributed by atoms with Crippen LogP contribution in [-0.2, 0) is 16.1 Å². The van der Waals surface area contributed by atoms with Crippen LogP contribution in [0, 0.1) is 18.6 Å². The maximum atomic E-state index is 13.7. The summed E-state index contributed by atoms with van der Waals surface area (Å²) >= 11 is 0. The Hall–Kier alpha value is -2.48. The second kappa shape index (κ2) is 6.33. The van der Waals surface area contributed by atoms with Crippen LogP contribution < -0.4 is 9.64 Å². The zero-order valence-corrected chi connectivity index (χ0v) is 12.3.